The van der Waals surface area contributed by atoms with Crippen molar-refractivity contribution in [3.8, 4) is 6.07 Å². The van der Waals surface area contributed by atoms with Crippen molar-refractivity contribution in [3.63, 3.8) is 0 Å². The molecule has 0 aliphatic carbocycles. The summed E-state index contributed by atoms with van der Waals surface area (Å²) >= 11 is 0. The molecule has 0 radical (unpaired) electrons. The molecule has 0 spiro atoms. The first-order chi connectivity index (χ1) is 9.41. The third-order valence-corrected chi connectivity index (χ3v) is 3.02. The molecule has 1 N–H and O–H groups in total. The van der Waals surface area contributed by atoms with Gasteiger partial charge in [-0.25, -0.2) is 4.98 Å². The van der Waals surface area contributed by atoms with Crippen LogP contribution in [0.5, 0.6) is 0 Å². The molecule has 1 aromatic heterocycles. The molecule has 5 nitrogen and oxygen atoms in total. The molecule has 0 aromatic carbocycles. The summed E-state index contributed by atoms with van der Waals surface area (Å²) < 4.78 is 5.52. The number of hydrogen-bond donors (Lipinski definition) is 1. The third kappa shape index (κ3) is 3.15. The Morgan fingerprint density at radius 2 is 2.25 bits per heavy atom. The molecule has 2 rings (SSSR count). The van der Waals surface area contributed by atoms with Crippen LogP contribution in [0.3, 0.4) is 0 Å². The number of hydrogen-bond acceptors (Lipinski definition) is 4. The normalized spacial score (nSPS) is 17.1. The maximum Gasteiger partial charge on any atom is 0.276 e. The molecule has 20 heavy (non-hydrogen) atoms. The van der Waals surface area contributed by atoms with Gasteiger partial charge in [-0.3, -0.25) is 10.1 Å². The van der Waals surface area contributed by atoms with Gasteiger partial charge in [-0.1, -0.05) is 19.9 Å². The highest BCUT2D eigenvalue weighted by molar-refractivity contribution is 5.93. The highest BCUT2D eigenvalue weighted by Gasteiger charge is 2.29. The van der Waals surface area contributed by atoms with Crippen LogP contribution in [0.1, 0.15) is 36.5 Å². The Balaban J connectivity index is 2.19. The van der Waals surface area contributed by atoms with Gasteiger partial charge >= 0.3 is 0 Å². The number of aryl methyl sites for hydroxylation is 1. The largest absolute Gasteiger partial charge is 0.478 e. The molecule has 0 saturated heterocycles. The van der Waals surface area contributed by atoms with E-state index >= 15 is 0 Å². The Labute approximate surface area is 118 Å². The van der Waals surface area contributed by atoms with E-state index < -0.39 is 0 Å². The molecule has 1 amide bonds. The standard InChI is InChI=1S/C15H17N3O2/c1-10-5-4-6-12(17-10)13(19)18-14-11(8-16)7-15(2,3)9-20-14/h4-6H,7,9H2,1-3H3,(H,18,19). The number of aromatic nitrogens is 1. The van der Waals surface area contributed by atoms with Gasteiger partial charge in [-0.15, -0.1) is 0 Å². The van der Waals surface area contributed by atoms with Crippen LogP contribution >= 0.6 is 0 Å². The van der Waals surface area contributed by atoms with E-state index in [1.54, 1.807) is 12.1 Å². The molecule has 0 atom stereocenters. The number of carbonyl (C=O) groups excluding carboxylic acids is 1. The molecule has 0 fully saturated rings. The van der Waals surface area contributed by atoms with Gasteiger partial charge in [0.05, 0.1) is 12.2 Å². The topological polar surface area (TPSA) is 75.0 Å². The number of nitrogens with zero attached hydrogens (tertiary/aromatic N) is 2. The van der Waals surface area contributed by atoms with E-state index in [4.69, 9.17) is 10.00 Å². The van der Waals surface area contributed by atoms with E-state index in [0.717, 1.165) is 5.69 Å². The number of nitriles is 1. The van der Waals surface area contributed by atoms with Crippen LogP contribution in [0.25, 0.3) is 0 Å². The zero-order chi connectivity index (χ0) is 14.8. The van der Waals surface area contributed by atoms with Gasteiger partial charge in [-0.05, 0) is 25.5 Å². The Morgan fingerprint density at radius 3 is 2.90 bits per heavy atom. The zero-order valence-corrected chi connectivity index (χ0v) is 11.9. The van der Waals surface area contributed by atoms with Crippen molar-refractivity contribution in [1.29, 1.82) is 5.26 Å². The summed E-state index contributed by atoms with van der Waals surface area (Å²) in [6.45, 7) is 6.32. The number of rotatable bonds is 2. The summed E-state index contributed by atoms with van der Waals surface area (Å²) in [4.78, 5) is 16.2. The number of pyridine rings is 1. The Bertz CT molecular complexity index is 612. The second kappa shape index (κ2) is 5.33. The number of carbonyl (C=O) groups is 1. The summed E-state index contributed by atoms with van der Waals surface area (Å²) in [5.41, 5.74) is 1.43. The number of nitrogens with one attached hydrogen (secondary N) is 1. The van der Waals surface area contributed by atoms with Crippen molar-refractivity contribution in [1.82, 2.24) is 10.3 Å². The number of amides is 1. The van der Waals surface area contributed by atoms with Crippen LogP contribution in [0.15, 0.2) is 29.7 Å². The van der Waals surface area contributed by atoms with Gasteiger partial charge < -0.3 is 4.74 Å². The summed E-state index contributed by atoms with van der Waals surface area (Å²) in [7, 11) is 0. The van der Waals surface area contributed by atoms with Crippen LogP contribution in [-0.4, -0.2) is 17.5 Å². The minimum absolute atomic E-state index is 0.0964. The predicted octanol–water partition coefficient (Wildman–Crippen LogP) is 2.30. The maximum atomic E-state index is 12.1. The fourth-order valence-electron chi connectivity index (χ4n) is 2.00. The van der Waals surface area contributed by atoms with E-state index in [1.807, 2.05) is 26.8 Å². The van der Waals surface area contributed by atoms with Gasteiger partial charge in [0.15, 0.2) is 0 Å². The third-order valence-electron chi connectivity index (χ3n) is 3.02. The quantitative estimate of drug-likeness (QED) is 0.895. The lowest BCUT2D eigenvalue weighted by Crippen LogP contribution is -2.33. The summed E-state index contributed by atoms with van der Waals surface area (Å²) in [6.07, 6.45) is 0.584. The smallest absolute Gasteiger partial charge is 0.276 e. The van der Waals surface area contributed by atoms with Crippen LogP contribution in [0.4, 0.5) is 0 Å². The molecular formula is C15H17N3O2. The van der Waals surface area contributed by atoms with Gasteiger partial charge in [0, 0.05) is 11.1 Å². The Morgan fingerprint density at radius 1 is 1.50 bits per heavy atom. The first-order valence-corrected chi connectivity index (χ1v) is 6.42. The molecule has 2 heterocycles. The second-order valence-corrected chi connectivity index (χ2v) is 5.67. The van der Waals surface area contributed by atoms with E-state index in [0.29, 0.717) is 24.3 Å². The van der Waals surface area contributed by atoms with E-state index in [-0.39, 0.29) is 17.2 Å². The van der Waals surface area contributed by atoms with Gasteiger partial charge in [-0.2, -0.15) is 5.26 Å². The van der Waals surface area contributed by atoms with Crippen molar-refractivity contribution >= 4 is 5.91 Å². The van der Waals surface area contributed by atoms with Crippen molar-refractivity contribution in [2.75, 3.05) is 6.61 Å². The van der Waals surface area contributed by atoms with Crippen LogP contribution in [-0.2, 0) is 4.74 Å². The molecular weight excluding hydrogens is 254 g/mol. The second-order valence-electron chi connectivity index (χ2n) is 5.67. The van der Waals surface area contributed by atoms with Crippen molar-refractivity contribution in [2.45, 2.75) is 27.2 Å². The average molecular weight is 271 g/mol. The fourth-order valence-corrected chi connectivity index (χ4v) is 2.00. The molecule has 0 unspecified atom stereocenters. The molecule has 1 aliphatic heterocycles. The Hall–Kier alpha value is -2.35. The molecule has 0 saturated carbocycles. The molecule has 5 heteroatoms. The van der Waals surface area contributed by atoms with Gasteiger partial charge in [0.25, 0.3) is 5.91 Å². The highest BCUT2D eigenvalue weighted by Crippen LogP contribution is 2.31. The molecule has 0 bridgehead atoms. The van der Waals surface area contributed by atoms with Crippen LogP contribution < -0.4 is 5.32 Å². The lowest BCUT2D eigenvalue weighted by Gasteiger charge is -2.30. The fraction of sp³-hybridized carbons (Fsp3) is 0.400. The molecule has 1 aromatic rings. The van der Waals surface area contributed by atoms with Crippen molar-refractivity contribution in [2.24, 2.45) is 5.41 Å². The first kappa shape index (κ1) is 14.1. The van der Waals surface area contributed by atoms with Crippen LogP contribution in [0, 0.1) is 23.7 Å². The molecule has 104 valence electrons. The maximum absolute atomic E-state index is 12.1. The summed E-state index contributed by atoms with van der Waals surface area (Å²) in [6, 6.07) is 7.31. The first-order valence-electron chi connectivity index (χ1n) is 6.42. The lowest BCUT2D eigenvalue weighted by molar-refractivity contribution is 0.0693. The summed E-state index contributed by atoms with van der Waals surface area (Å²) in [5.74, 6) is -0.115. The van der Waals surface area contributed by atoms with E-state index in [2.05, 4.69) is 16.4 Å². The van der Waals surface area contributed by atoms with Gasteiger partial charge in [0.2, 0.25) is 5.88 Å². The molecule has 1 aliphatic rings. The number of allylic oxidation sites excluding steroid dienone is 1. The van der Waals surface area contributed by atoms with Crippen LogP contribution in [0.2, 0.25) is 0 Å². The predicted molar refractivity (Wildman–Crippen MR) is 73.4 cm³/mol. The lowest BCUT2D eigenvalue weighted by atomic mass is 9.85. The van der Waals surface area contributed by atoms with Crippen molar-refractivity contribution < 1.29 is 9.53 Å². The van der Waals surface area contributed by atoms with E-state index in [9.17, 15) is 4.79 Å². The van der Waals surface area contributed by atoms with Gasteiger partial charge in [0.1, 0.15) is 11.8 Å². The SMILES string of the molecule is Cc1cccc(C(=O)NC2=C(C#N)CC(C)(C)CO2)n1. The minimum Gasteiger partial charge on any atom is -0.478 e. The summed E-state index contributed by atoms with van der Waals surface area (Å²) in [5, 5.41) is 11.8. The average Bonchev–Trinajstić information content (AvgIpc) is 2.40. The zero-order valence-electron chi connectivity index (χ0n) is 11.9. The van der Waals surface area contributed by atoms with Crippen molar-refractivity contribution in [3.05, 3.63) is 41.0 Å². The monoisotopic (exact) mass is 271 g/mol. The number of ether oxygens (including phenoxy) is 1. The minimum atomic E-state index is -0.365. The highest BCUT2D eigenvalue weighted by atomic mass is 16.5. The Kier molecular flexibility index (Phi) is 3.75. The van der Waals surface area contributed by atoms with E-state index in [1.165, 1.54) is 0 Å².